The van der Waals surface area contributed by atoms with Gasteiger partial charge in [0.25, 0.3) is 0 Å². The Kier molecular flexibility index (Phi) is 12.4. The lowest BCUT2D eigenvalue weighted by Gasteiger charge is -2.67. The first-order valence-electron chi connectivity index (χ1n) is 22.5. The number of hydrogen-bond donors (Lipinski definition) is 3. The average molecular weight is 896 g/mol. The summed E-state index contributed by atoms with van der Waals surface area (Å²) in [6, 6.07) is 14.3. The van der Waals surface area contributed by atoms with E-state index in [0.29, 0.717) is 0 Å². The molecule has 4 aliphatic rings. The van der Waals surface area contributed by atoms with E-state index in [-0.39, 0.29) is 35.3 Å². The fraction of sp³-hybridized carbons (Fsp3) is 0.574. The molecule has 6 rings (SSSR count). The van der Waals surface area contributed by atoms with Crippen molar-refractivity contribution in [3.63, 3.8) is 0 Å². The summed E-state index contributed by atoms with van der Waals surface area (Å²) in [4.78, 5) is 84.7. The number of aliphatic hydroxyl groups is 1. The SMILES string of the molecule is [2H]C([2H])([2H])O[C@H]1C(=O)[C@]2(C)[C@@H](OC)C[C@H]3OC[C@@]3(OC(C)=O)[C@H]2[C@@H](OC(=O)c2ccccc2)[C@]2(O)C[C@H](OC(=O)[C@H](OC(=O)CN)[C@@H](NC(=O)OC(C)(C)C)c3ccccc3)C(C)=C1C2(C)C. The highest BCUT2D eigenvalue weighted by Gasteiger charge is 2.78. The van der Waals surface area contributed by atoms with Crippen molar-refractivity contribution >= 4 is 35.8 Å². The Bertz CT molecular complexity index is 2270. The fourth-order valence-electron chi connectivity index (χ4n) is 10.2. The number of ether oxygens (including phenoxy) is 8. The molecular formula is C47H60N2O15. The van der Waals surface area contributed by atoms with Gasteiger partial charge in [-0.2, -0.15) is 0 Å². The molecule has 2 aromatic rings. The van der Waals surface area contributed by atoms with Gasteiger partial charge in [-0.15, -0.1) is 0 Å². The van der Waals surface area contributed by atoms with E-state index in [2.05, 4.69) is 5.32 Å². The molecule has 3 fully saturated rings. The number of carbonyl (C=O) groups excluding carboxylic acids is 6. The van der Waals surface area contributed by atoms with Crippen LogP contribution in [-0.4, -0.2) is 122 Å². The molecule has 64 heavy (non-hydrogen) atoms. The van der Waals surface area contributed by atoms with E-state index in [1.165, 1.54) is 46.9 Å². The van der Waals surface area contributed by atoms with E-state index in [9.17, 15) is 29.1 Å². The minimum absolute atomic E-state index is 0.0457. The second kappa shape index (κ2) is 18.0. The molecular weight excluding hydrogens is 833 g/mol. The van der Waals surface area contributed by atoms with Gasteiger partial charge in [0.2, 0.25) is 6.10 Å². The van der Waals surface area contributed by atoms with Crippen molar-refractivity contribution in [1.82, 2.24) is 5.32 Å². The van der Waals surface area contributed by atoms with Crippen LogP contribution in [0.3, 0.4) is 0 Å². The molecule has 1 heterocycles. The second-order valence-electron chi connectivity index (χ2n) is 18.5. The standard InChI is InChI=1S/C47H60N2O15/c1-25-29(60-41(54)36(61-32(51)23-48)34(27-17-13-11-14-18-27)49-42(55)64-43(3,4)5)22-47(56)39(62-40(53)28-19-15-12-16-20-28)37-45(8,38(52)35(58-10)33(25)44(47,6)7)30(57-9)21-31-46(37,24-59-31)63-26(2)50/h11-20,29-31,34-37,39,56H,21-24,48H2,1-10H3,(H,49,55)/t29-,30-,31+,34-,35+,36+,37-,39+,45+,46-,47+/m0/s1/i10D3. The van der Waals surface area contributed by atoms with Gasteiger partial charge < -0.3 is 54.1 Å². The van der Waals surface area contributed by atoms with Gasteiger partial charge in [-0.1, -0.05) is 62.4 Å². The quantitative estimate of drug-likeness (QED) is 0.155. The van der Waals surface area contributed by atoms with Gasteiger partial charge in [0, 0.05) is 39.3 Å². The number of nitrogens with one attached hydrogen (secondary N) is 1. The normalized spacial score (nSPS) is 32.4. The van der Waals surface area contributed by atoms with E-state index in [4.69, 9.17) is 47.7 Å². The Hall–Kier alpha value is -5.20. The van der Waals surface area contributed by atoms with Crippen LogP contribution in [0.15, 0.2) is 71.8 Å². The Morgan fingerprint density at radius 3 is 2.19 bits per heavy atom. The molecule has 2 bridgehead atoms. The monoisotopic (exact) mass is 895 g/mol. The Morgan fingerprint density at radius 1 is 1.00 bits per heavy atom. The lowest BCUT2D eigenvalue weighted by Crippen LogP contribution is -2.82. The van der Waals surface area contributed by atoms with Crippen LogP contribution in [-0.2, 0) is 57.1 Å². The maximum absolute atomic E-state index is 15.9. The Balaban J connectivity index is 1.60. The van der Waals surface area contributed by atoms with Gasteiger partial charge in [-0.3, -0.25) is 14.4 Å². The molecule has 2 aromatic carbocycles. The van der Waals surface area contributed by atoms with E-state index >= 15 is 4.79 Å². The van der Waals surface area contributed by atoms with Crippen molar-refractivity contribution in [2.75, 3.05) is 27.3 Å². The second-order valence-corrected chi connectivity index (χ2v) is 18.5. The molecule has 0 spiro atoms. The van der Waals surface area contributed by atoms with Crippen LogP contribution in [0.25, 0.3) is 0 Å². The lowest BCUT2D eigenvalue weighted by molar-refractivity contribution is -0.347. The van der Waals surface area contributed by atoms with Gasteiger partial charge in [-0.05, 0) is 63.5 Å². The number of methoxy groups -OCH3 is 2. The number of fused-ring (bicyclic) bond motifs is 5. The number of Topliss-reactive ketones (excluding diaryl/α,β-unsaturated/α-hetero) is 1. The Morgan fingerprint density at radius 2 is 1.64 bits per heavy atom. The van der Waals surface area contributed by atoms with E-state index in [0.717, 1.165) is 6.92 Å². The minimum Gasteiger partial charge on any atom is -0.455 e. The van der Waals surface area contributed by atoms with Crippen molar-refractivity contribution in [2.45, 2.75) is 128 Å². The molecule has 4 N–H and O–H groups in total. The van der Waals surface area contributed by atoms with Crippen molar-refractivity contribution < 1.29 is 75.9 Å². The van der Waals surface area contributed by atoms with Gasteiger partial charge in [-0.25, -0.2) is 14.4 Å². The van der Waals surface area contributed by atoms with Gasteiger partial charge >= 0.3 is 30.0 Å². The zero-order valence-electron chi connectivity index (χ0n) is 40.5. The smallest absolute Gasteiger partial charge is 0.408 e. The summed E-state index contributed by atoms with van der Waals surface area (Å²) in [7, 11) is -1.94. The molecule has 348 valence electrons. The number of alkyl carbamates (subject to hydrolysis) is 1. The first-order valence-corrected chi connectivity index (χ1v) is 21.0. The minimum atomic E-state index is -3.26. The molecule has 0 aromatic heterocycles. The summed E-state index contributed by atoms with van der Waals surface area (Å²) < 4.78 is 72.8. The number of nitrogens with two attached hydrogens (primary N) is 1. The molecule has 2 saturated carbocycles. The van der Waals surface area contributed by atoms with Crippen LogP contribution >= 0.6 is 0 Å². The highest BCUT2D eigenvalue weighted by molar-refractivity contribution is 5.94. The first-order chi connectivity index (χ1) is 31.1. The van der Waals surface area contributed by atoms with E-state index in [1.807, 2.05) is 0 Å². The van der Waals surface area contributed by atoms with Crippen LogP contribution in [0, 0.1) is 16.7 Å². The zero-order valence-corrected chi connectivity index (χ0v) is 37.5. The van der Waals surface area contributed by atoms with Gasteiger partial charge in [0.05, 0.1) is 40.3 Å². The molecule has 17 heteroatoms. The third-order valence-corrected chi connectivity index (χ3v) is 13.3. The summed E-state index contributed by atoms with van der Waals surface area (Å²) >= 11 is 0. The van der Waals surface area contributed by atoms with E-state index in [1.54, 1.807) is 69.3 Å². The lowest BCUT2D eigenvalue weighted by atomic mass is 9.44. The van der Waals surface area contributed by atoms with Crippen LogP contribution < -0.4 is 11.1 Å². The number of carbonyl (C=O) groups is 6. The predicted octanol–water partition coefficient (Wildman–Crippen LogP) is 4.08. The maximum Gasteiger partial charge on any atom is 0.408 e. The van der Waals surface area contributed by atoms with Crippen molar-refractivity contribution in [3.8, 4) is 0 Å². The molecule has 17 nitrogen and oxygen atoms in total. The van der Waals surface area contributed by atoms with Crippen LogP contribution in [0.1, 0.15) is 94.3 Å². The fourth-order valence-corrected chi connectivity index (χ4v) is 10.2. The van der Waals surface area contributed by atoms with Crippen LogP contribution in [0.5, 0.6) is 0 Å². The van der Waals surface area contributed by atoms with E-state index < -0.39 is 132 Å². The van der Waals surface area contributed by atoms with Crippen LogP contribution in [0.2, 0.25) is 0 Å². The van der Waals surface area contributed by atoms with Crippen molar-refractivity contribution in [1.29, 1.82) is 0 Å². The zero-order chi connectivity index (χ0) is 49.7. The third-order valence-electron chi connectivity index (χ3n) is 13.3. The summed E-state index contributed by atoms with van der Waals surface area (Å²) in [5.74, 6) is -6.55. The van der Waals surface area contributed by atoms with Gasteiger partial charge in [0.15, 0.2) is 11.4 Å². The third kappa shape index (κ3) is 8.43. The van der Waals surface area contributed by atoms with Crippen molar-refractivity contribution in [3.05, 3.63) is 82.9 Å². The maximum atomic E-state index is 15.9. The molecule has 1 amide bonds. The molecule has 0 radical (unpaired) electrons. The first kappa shape index (κ1) is 44.0. The summed E-state index contributed by atoms with van der Waals surface area (Å²) in [5.41, 5.74) is -3.15. The largest absolute Gasteiger partial charge is 0.455 e. The Labute approximate surface area is 376 Å². The predicted molar refractivity (Wildman–Crippen MR) is 226 cm³/mol. The summed E-state index contributed by atoms with van der Waals surface area (Å²) in [6.45, 7) is 10.9. The van der Waals surface area contributed by atoms with Gasteiger partial charge in [0.1, 0.15) is 41.7 Å². The topological polar surface area (TPSA) is 235 Å². The molecule has 3 aliphatic carbocycles. The van der Waals surface area contributed by atoms with Crippen LogP contribution in [0.4, 0.5) is 4.79 Å². The average Bonchev–Trinajstić information content (AvgIpc) is 3.23. The highest BCUT2D eigenvalue weighted by Crippen LogP contribution is 2.64. The number of ketones is 1. The summed E-state index contributed by atoms with van der Waals surface area (Å²) in [5, 5.41) is 16.5. The summed E-state index contributed by atoms with van der Waals surface area (Å²) in [6.07, 6.45) is -11.3. The number of benzene rings is 2. The highest BCUT2D eigenvalue weighted by atomic mass is 16.6. The number of rotatable bonds is 12. The van der Waals surface area contributed by atoms with Crippen molar-refractivity contribution in [2.24, 2.45) is 22.5 Å². The number of esters is 4. The molecule has 1 saturated heterocycles. The molecule has 0 unspecified atom stereocenters. The molecule has 11 atom stereocenters. The molecule has 1 aliphatic heterocycles. The number of amides is 1. The number of hydrogen-bond acceptors (Lipinski definition) is 16.